The number of anilines is 1. The van der Waals surface area contributed by atoms with Crippen LogP contribution in [0.25, 0.3) is 0 Å². The molecule has 5 nitrogen and oxygen atoms in total. The molecule has 0 N–H and O–H groups in total. The number of amides is 1. The van der Waals surface area contributed by atoms with Crippen LogP contribution in [0.1, 0.15) is 28.1 Å². The summed E-state index contributed by atoms with van der Waals surface area (Å²) in [6.07, 6.45) is 0.311. The van der Waals surface area contributed by atoms with Crippen molar-refractivity contribution < 1.29 is 14.1 Å². The molecule has 1 amide bonds. The zero-order valence-corrected chi connectivity index (χ0v) is 18.3. The minimum atomic E-state index is 0.0458. The maximum Gasteiger partial charge on any atom is 0.231 e. The van der Waals surface area contributed by atoms with Crippen molar-refractivity contribution in [2.75, 3.05) is 4.90 Å². The Balaban J connectivity index is 1.43. The number of benzene rings is 3. The summed E-state index contributed by atoms with van der Waals surface area (Å²) in [5.74, 6) is 1.55. The van der Waals surface area contributed by atoms with Gasteiger partial charge in [0.25, 0.3) is 0 Å². The molecular weight excluding hydrogens is 400 g/mol. The molecule has 162 valence electrons. The molecule has 1 aromatic heterocycles. The highest BCUT2D eigenvalue weighted by molar-refractivity contribution is 5.94. The van der Waals surface area contributed by atoms with Gasteiger partial charge < -0.3 is 14.2 Å². The number of hydrogen-bond donors (Lipinski definition) is 0. The third kappa shape index (κ3) is 5.24. The van der Waals surface area contributed by atoms with Gasteiger partial charge in [0, 0.05) is 5.69 Å². The highest BCUT2D eigenvalue weighted by Gasteiger charge is 2.17. The minimum absolute atomic E-state index is 0.0458. The summed E-state index contributed by atoms with van der Waals surface area (Å²) in [5, 5.41) is 3.95. The lowest BCUT2D eigenvalue weighted by Gasteiger charge is -2.23. The molecule has 4 aromatic rings. The normalized spacial score (nSPS) is 10.7. The van der Waals surface area contributed by atoms with Crippen LogP contribution in [0.15, 0.2) is 89.5 Å². The van der Waals surface area contributed by atoms with E-state index >= 15 is 0 Å². The van der Waals surface area contributed by atoms with Crippen molar-refractivity contribution in [1.29, 1.82) is 0 Å². The van der Waals surface area contributed by atoms with Gasteiger partial charge in [-0.15, -0.1) is 0 Å². The number of rotatable bonds is 8. The summed E-state index contributed by atoms with van der Waals surface area (Å²) >= 11 is 0. The van der Waals surface area contributed by atoms with Gasteiger partial charge >= 0.3 is 0 Å². The topological polar surface area (TPSA) is 55.6 Å². The van der Waals surface area contributed by atoms with Crippen LogP contribution in [0.2, 0.25) is 0 Å². The summed E-state index contributed by atoms with van der Waals surface area (Å²) in [4.78, 5) is 15.1. The zero-order chi connectivity index (χ0) is 22.3. The SMILES string of the molecule is Cc1noc(C)c1COc1ccc(CC(=O)N(Cc2ccccc2)c2ccccc2)cc1. The van der Waals surface area contributed by atoms with Gasteiger partial charge in [0.1, 0.15) is 18.1 Å². The van der Waals surface area contributed by atoms with Crippen LogP contribution in [0.3, 0.4) is 0 Å². The summed E-state index contributed by atoms with van der Waals surface area (Å²) in [6, 6.07) is 27.5. The first kappa shape index (κ1) is 21.4. The number of hydrogen-bond acceptors (Lipinski definition) is 4. The van der Waals surface area contributed by atoms with Gasteiger partial charge in [0.05, 0.1) is 24.2 Å². The first-order valence-electron chi connectivity index (χ1n) is 10.6. The second-order valence-electron chi connectivity index (χ2n) is 7.71. The molecule has 0 spiro atoms. The van der Waals surface area contributed by atoms with Crippen LogP contribution in [0.5, 0.6) is 5.75 Å². The monoisotopic (exact) mass is 426 g/mol. The molecule has 0 unspecified atom stereocenters. The first-order valence-corrected chi connectivity index (χ1v) is 10.6. The molecule has 5 heteroatoms. The molecule has 0 aliphatic heterocycles. The van der Waals surface area contributed by atoms with Crippen LogP contribution in [0.4, 0.5) is 5.69 Å². The van der Waals surface area contributed by atoms with Gasteiger partial charge in [-0.3, -0.25) is 4.79 Å². The fourth-order valence-electron chi connectivity index (χ4n) is 3.53. The molecule has 1 heterocycles. The van der Waals surface area contributed by atoms with Crippen molar-refractivity contribution in [3.05, 3.63) is 113 Å². The fraction of sp³-hybridized carbons (Fsp3) is 0.185. The molecule has 4 rings (SSSR count). The van der Waals surface area contributed by atoms with Crippen molar-refractivity contribution in [3.63, 3.8) is 0 Å². The van der Waals surface area contributed by atoms with E-state index in [1.54, 1.807) is 0 Å². The zero-order valence-electron chi connectivity index (χ0n) is 18.3. The van der Waals surface area contributed by atoms with E-state index < -0.39 is 0 Å². The predicted octanol–water partition coefficient (Wildman–Crippen LogP) is 5.65. The molecule has 0 radical (unpaired) electrons. The highest BCUT2D eigenvalue weighted by Crippen LogP contribution is 2.21. The maximum atomic E-state index is 13.2. The van der Waals surface area contributed by atoms with E-state index in [9.17, 15) is 4.79 Å². The van der Waals surface area contributed by atoms with Crippen LogP contribution < -0.4 is 9.64 Å². The Labute approximate surface area is 188 Å². The van der Waals surface area contributed by atoms with E-state index in [4.69, 9.17) is 9.26 Å². The molecule has 0 saturated heterocycles. The molecule has 3 aromatic carbocycles. The fourth-order valence-corrected chi connectivity index (χ4v) is 3.53. The Morgan fingerprint density at radius 3 is 2.16 bits per heavy atom. The second kappa shape index (κ2) is 9.96. The van der Waals surface area contributed by atoms with E-state index in [0.29, 0.717) is 19.6 Å². The summed E-state index contributed by atoms with van der Waals surface area (Å²) in [7, 11) is 0. The third-order valence-corrected chi connectivity index (χ3v) is 5.40. The van der Waals surface area contributed by atoms with E-state index in [-0.39, 0.29) is 5.91 Å². The average Bonchev–Trinajstić information content (AvgIpc) is 3.15. The first-order chi connectivity index (χ1) is 15.6. The number of aryl methyl sites for hydroxylation is 2. The number of nitrogens with zero attached hydrogens (tertiary/aromatic N) is 2. The molecule has 0 fully saturated rings. The maximum absolute atomic E-state index is 13.2. The Kier molecular flexibility index (Phi) is 6.66. The Hall–Kier alpha value is -3.86. The number of carbonyl (C=O) groups excluding carboxylic acids is 1. The van der Waals surface area contributed by atoms with E-state index in [2.05, 4.69) is 5.16 Å². The van der Waals surface area contributed by atoms with Crippen molar-refractivity contribution in [2.45, 2.75) is 33.4 Å². The minimum Gasteiger partial charge on any atom is -0.489 e. The highest BCUT2D eigenvalue weighted by atomic mass is 16.5. The number of para-hydroxylation sites is 1. The van der Waals surface area contributed by atoms with Gasteiger partial charge in [-0.1, -0.05) is 65.8 Å². The largest absolute Gasteiger partial charge is 0.489 e. The van der Waals surface area contributed by atoms with Crippen molar-refractivity contribution in [3.8, 4) is 5.75 Å². The van der Waals surface area contributed by atoms with Crippen molar-refractivity contribution >= 4 is 11.6 Å². The molecule has 0 saturated carbocycles. The average molecular weight is 427 g/mol. The summed E-state index contributed by atoms with van der Waals surface area (Å²) < 4.78 is 11.0. The lowest BCUT2D eigenvalue weighted by Crippen LogP contribution is -2.31. The van der Waals surface area contributed by atoms with E-state index in [0.717, 1.165) is 39.6 Å². The Morgan fingerprint density at radius 1 is 0.875 bits per heavy atom. The number of ether oxygens (including phenoxy) is 1. The third-order valence-electron chi connectivity index (χ3n) is 5.40. The van der Waals surface area contributed by atoms with Gasteiger partial charge in [0.15, 0.2) is 0 Å². The Bertz CT molecular complexity index is 1130. The van der Waals surface area contributed by atoms with Gasteiger partial charge in [-0.25, -0.2) is 0 Å². The van der Waals surface area contributed by atoms with Crippen LogP contribution >= 0.6 is 0 Å². The van der Waals surface area contributed by atoms with E-state index in [1.807, 2.05) is 104 Å². The second-order valence-corrected chi connectivity index (χ2v) is 7.71. The van der Waals surface area contributed by atoms with Crippen molar-refractivity contribution in [1.82, 2.24) is 5.16 Å². The molecule has 0 bridgehead atoms. The van der Waals surface area contributed by atoms with Gasteiger partial charge in [-0.05, 0) is 49.2 Å². The van der Waals surface area contributed by atoms with E-state index in [1.165, 1.54) is 0 Å². The smallest absolute Gasteiger partial charge is 0.231 e. The lowest BCUT2D eigenvalue weighted by atomic mass is 10.1. The Morgan fingerprint density at radius 2 is 1.53 bits per heavy atom. The number of carbonyl (C=O) groups is 1. The van der Waals surface area contributed by atoms with Gasteiger partial charge in [-0.2, -0.15) is 0 Å². The predicted molar refractivity (Wildman–Crippen MR) is 125 cm³/mol. The molecule has 0 aliphatic rings. The summed E-state index contributed by atoms with van der Waals surface area (Å²) in [6.45, 7) is 4.71. The molecule has 0 atom stereocenters. The molecular formula is C27H26N2O3. The number of aromatic nitrogens is 1. The van der Waals surface area contributed by atoms with Crippen LogP contribution in [-0.4, -0.2) is 11.1 Å². The quantitative estimate of drug-likeness (QED) is 0.366. The molecule has 32 heavy (non-hydrogen) atoms. The van der Waals surface area contributed by atoms with Crippen LogP contribution in [-0.2, 0) is 24.4 Å². The van der Waals surface area contributed by atoms with Gasteiger partial charge in [0.2, 0.25) is 5.91 Å². The summed E-state index contributed by atoms with van der Waals surface area (Å²) in [5.41, 5.74) is 4.72. The molecule has 0 aliphatic carbocycles. The standard InChI is InChI=1S/C27H26N2O3/c1-20-26(21(2)32-28-20)19-31-25-15-13-22(14-16-25)17-27(30)29(24-11-7-4-8-12-24)18-23-9-5-3-6-10-23/h3-16H,17-19H2,1-2H3. The van der Waals surface area contributed by atoms with Crippen molar-refractivity contribution in [2.24, 2.45) is 0 Å². The lowest BCUT2D eigenvalue weighted by molar-refractivity contribution is -0.118. The van der Waals surface area contributed by atoms with Crippen LogP contribution in [0, 0.1) is 13.8 Å².